The summed E-state index contributed by atoms with van der Waals surface area (Å²) in [5.41, 5.74) is 0.808. The quantitative estimate of drug-likeness (QED) is 0.837. The fourth-order valence-corrected chi connectivity index (χ4v) is 2.78. The van der Waals surface area contributed by atoms with Gasteiger partial charge in [0.05, 0.1) is 31.0 Å². The lowest BCUT2D eigenvalue weighted by Gasteiger charge is -2.23. The van der Waals surface area contributed by atoms with Crippen molar-refractivity contribution in [2.75, 3.05) is 41.4 Å². The molecule has 2 aliphatic rings. The molecule has 2 aliphatic heterocycles. The molecule has 1 aromatic carbocycles. The lowest BCUT2D eigenvalue weighted by atomic mass is 10.2. The van der Waals surface area contributed by atoms with Crippen molar-refractivity contribution in [1.82, 2.24) is 5.16 Å². The molecule has 1 N–H and O–H groups in total. The van der Waals surface area contributed by atoms with Crippen molar-refractivity contribution in [3.8, 4) is 0 Å². The third-order valence-corrected chi connectivity index (χ3v) is 4.06. The zero-order valence-corrected chi connectivity index (χ0v) is 15.7. The molecule has 1 atom stereocenters. The Kier molecular flexibility index (Phi) is 6.30. The van der Waals surface area contributed by atoms with E-state index in [0.29, 0.717) is 43.4 Å². The number of cyclic esters (lactones) is 1. The summed E-state index contributed by atoms with van der Waals surface area (Å²) in [6.45, 7) is 5.57. The Balaban J connectivity index is 0.00000109. The molecule has 1 unspecified atom stereocenters. The fourth-order valence-electron chi connectivity index (χ4n) is 2.78. The van der Waals surface area contributed by atoms with Gasteiger partial charge >= 0.3 is 6.09 Å². The maximum absolute atomic E-state index is 14.5. The number of ether oxygens (including phenoxy) is 1. The molecule has 0 radical (unpaired) electrons. The Morgan fingerprint density at radius 1 is 1.32 bits per heavy atom. The number of oxime groups is 1. The molecule has 150 valence electrons. The molecule has 0 aliphatic carbocycles. The first-order valence-electron chi connectivity index (χ1n) is 9.05. The molecule has 3 heterocycles. The normalized spacial score (nSPS) is 18.2. The van der Waals surface area contributed by atoms with Crippen molar-refractivity contribution in [3.05, 3.63) is 36.3 Å². The summed E-state index contributed by atoms with van der Waals surface area (Å²) in [6, 6.07) is 6.26. The van der Waals surface area contributed by atoms with Crippen LogP contribution in [0, 0.1) is 5.82 Å². The van der Waals surface area contributed by atoms with Crippen LogP contribution in [0.4, 0.5) is 26.4 Å². The number of carbonyl (C=O) groups excluding carboxylic acids is 1. The van der Waals surface area contributed by atoms with Gasteiger partial charge in [-0.1, -0.05) is 24.2 Å². The van der Waals surface area contributed by atoms with Gasteiger partial charge in [-0.25, -0.2) is 9.18 Å². The minimum atomic E-state index is -0.517. The molecule has 9 nitrogen and oxygen atoms in total. The number of rotatable bonds is 5. The zero-order chi connectivity index (χ0) is 19.9. The molecule has 1 fully saturated rings. The summed E-state index contributed by atoms with van der Waals surface area (Å²) < 4.78 is 24.5. The van der Waals surface area contributed by atoms with Gasteiger partial charge in [0, 0.05) is 6.07 Å². The first kappa shape index (κ1) is 19.5. The van der Waals surface area contributed by atoms with Crippen LogP contribution in [0.5, 0.6) is 0 Å². The lowest BCUT2D eigenvalue weighted by molar-refractivity contribution is 0.144. The largest absolute Gasteiger partial charge is 0.442 e. The second-order valence-corrected chi connectivity index (χ2v) is 5.77. The Morgan fingerprint density at radius 3 is 2.86 bits per heavy atom. The Hall–Kier alpha value is -3.30. The summed E-state index contributed by atoms with van der Waals surface area (Å²) in [5, 5.41) is 10.4. The highest BCUT2D eigenvalue weighted by Crippen LogP contribution is 2.28. The highest BCUT2D eigenvalue weighted by Gasteiger charge is 2.32. The van der Waals surface area contributed by atoms with E-state index in [0.717, 1.165) is 0 Å². The standard InChI is InChI=1S/C16H16FN5O4.C2H6/c17-13-7-11(1-2-14(13)21-4-6-24-19-10-21)22-9-12(26-16(22)23)8-18-15-3-5-25-20-15;1-2/h1-3,5,7,10,12H,4,6,8-9H2,(H,18,20);1-2H3. The van der Waals surface area contributed by atoms with Crippen LogP contribution < -0.4 is 15.1 Å². The van der Waals surface area contributed by atoms with E-state index in [9.17, 15) is 9.18 Å². The fraction of sp³-hybridized carbons (Fsp3) is 0.389. The number of nitrogens with one attached hydrogen (secondary N) is 1. The number of halogens is 1. The first-order chi connectivity index (χ1) is 13.7. The number of hydrogen-bond acceptors (Lipinski definition) is 8. The van der Waals surface area contributed by atoms with E-state index in [1.807, 2.05) is 13.8 Å². The number of benzene rings is 1. The SMILES string of the molecule is CC.O=C1OC(CNc2ccon2)CN1c1ccc(N2C=NOCC2)c(F)c1. The molecule has 0 bridgehead atoms. The van der Waals surface area contributed by atoms with Crippen LogP contribution in [-0.4, -0.2) is 49.9 Å². The smallest absolute Gasteiger partial charge is 0.414 e. The number of amides is 1. The molecule has 28 heavy (non-hydrogen) atoms. The van der Waals surface area contributed by atoms with Crippen LogP contribution in [-0.2, 0) is 9.57 Å². The molecule has 1 aromatic heterocycles. The highest BCUT2D eigenvalue weighted by molar-refractivity contribution is 5.90. The van der Waals surface area contributed by atoms with Gasteiger partial charge in [0.1, 0.15) is 31.1 Å². The molecular weight excluding hydrogens is 369 g/mol. The van der Waals surface area contributed by atoms with Crippen molar-refractivity contribution in [2.24, 2.45) is 5.16 Å². The lowest BCUT2D eigenvalue weighted by Crippen LogP contribution is -2.30. The average Bonchev–Trinajstić information content (AvgIpc) is 3.38. The molecule has 10 heteroatoms. The van der Waals surface area contributed by atoms with E-state index in [4.69, 9.17) is 14.1 Å². The maximum atomic E-state index is 14.5. The minimum Gasteiger partial charge on any atom is -0.442 e. The highest BCUT2D eigenvalue weighted by atomic mass is 19.1. The van der Waals surface area contributed by atoms with Gasteiger partial charge in [-0.3, -0.25) is 4.90 Å². The van der Waals surface area contributed by atoms with Crippen LogP contribution in [0.2, 0.25) is 0 Å². The van der Waals surface area contributed by atoms with Gasteiger partial charge in [0.2, 0.25) is 0 Å². The number of nitrogens with zero attached hydrogens (tertiary/aromatic N) is 4. The van der Waals surface area contributed by atoms with Gasteiger partial charge < -0.3 is 24.3 Å². The topological polar surface area (TPSA) is 92.4 Å². The van der Waals surface area contributed by atoms with Crippen LogP contribution in [0.25, 0.3) is 0 Å². The van der Waals surface area contributed by atoms with E-state index in [-0.39, 0.29) is 6.10 Å². The third-order valence-electron chi connectivity index (χ3n) is 4.06. The van der Waals surface area contributed by atoms with E-state index in [1.54, 1.807) is 23.1 Å². The molecule has 0 saturated carbocycles. The van der Waals surface area contributed by atoms with E-state index >= 15 is 0 Å². The second kappa shape index (κ2) is 9.07. The predicted molar refractivity (Wildman–Crippen MR) is 102 cm³/mol. The number of aromatic nitrogens is 1. The predicted octanol–water partition coefficient (Wildman–Crippen LogP) is 3.06. The summed E-state index contributed by atoms with van der Waals surface area (Å²) in [4.78, 5) is 20.0. The van der Waals surface area contributed by atoms with Gasteiger partial charge in [-0.15, -0.1) is 0 Å². The third kappa shape index (κ3) is 4.33. The van der Waals surface area contributed by atoms with E-state index in [1.165, 1.54) is 23.6 Å². The minimum absolute atomic E-state index is 0.307. The van der Waals surface area contributed by atoms with Crippen LogP contribution in [0.3, 0.4) is 0 Å². The van der Waals surface area contributed by atoms with Gasteiger partial charge in [0.25, 0.3) is 0 Å². The average molecular weight is 391 g/mol. The van der Waals surface area contributed by atoms with Crippen molar-refractivity contribution in [3.63, 3.8) is 0 Å². The molecule has 4 rings (SSSR count). The molecule has 1 saturated heterocycles. The van der Waals surface area contributed by atoms with E-state index in [2.05, 4.69) is 15.6 Å². The maximum Gasteiger partial charge on any atom is 0.414 e. The van der Waals surface area contributed by atoms with E-state index < -0.39 is 11.9 Å². The van der Waals surface area contributed by atoms with Crippen molar-refractivity contribution < 1.29 is 23.3 Å². The number of hydrogen-bond donors (Lipinski definition) is 1. The summed E-state index contributed by atoms with van der Waals surface area (Å²) in [5.74, 6) is 0.106. The molecule has 1 amide bonds. The van der Waals surface area contributed by atoms with Crippen LogP contribution >= 0.6 is 0 Å². The monoisotopic (exact) mass is 391 g/mol. The van der Waals surface area contributed by atoms with Gasteiger partial charge in [0.15, 0.2) is 5.82 Å². The zero-order valence-electron chi connectivity index (χ0n) is 15.7. The van der Waals surface area contributed by atoms with Crippen molar-refractivity contribution >= 4 is 29.6 Å². The Morgan fingerprint density at radius 2 is 2.18 bits per heavy atom. The van der Waals surface area contributed by atoms with Crippen molar-refractivity contribution in [2.45, 2.75) is 20.0 Å². The summed E-state index contributed by atoms with van der Waals surface area (Å²) in [6.07, 6.45) is 1.97. The van der Waals surface area contributed by atoms with Crippen molar-refractivity contribution in [1.29, 1.82) is 0 Å². The molecule has 2 aromatic rings. The number of carbonyl (C=O) groups is 1. The Bertz CT molecular complexity index is 814. The molecular formula is C18H22FN5O4. The Labute approximate surface area is 161 Å². The molecule has 0 spiro atoms. The van der Waals surface area contributed by atoms with Gasteiger partial charge in [-0.2, -0.15) is 0 Å². The van der Waals surface area contributed by atoms with Gasteiger partial charge in [-0.05, 0) is 18.2 Å². The summed E-state index contributed by atoms with van der Waals surface area (Å²) in [7, 11) is 0. The first-order valence-corrected chi connectivity index (χ1v) is 9.05. The number of anilines is 3. The van der Waals surface area contributed by atoms with Crippen LogP contribution in [0.15, 0.2) is 40.2 Å². The van der Waals surface area contributed by atoms with Crippen LogP contribution in [0.1, 0.15) is 13.8 Å². The summed E-state index contributed by atoms with van der Waals surface area (Å²) >= 11 is 0. The second-order valence-electron chi connectivity index (χ2n) is 5.77.